The first-order valence-corrected chi connectivity index (χ1v) is 3.35. The fourth-order valence-electron chi connectivity index (χ4n) is 0.339. The highest BCUT2D eigenvalue weighted by Gasteiger charge is 2.09. The molecule has 0 saturated heterocycles. The maximum atomic E-state index is 10.6. The molecule has 1 atom stereocenters. The predicted octanol–water partition coefficient (Wildman–Crippen LogP) is -0.510. The summed E-state index contributed by atoms with van der Waals surface area (Å²) in [6.07, 6.45) is 0.333. The topological polar surface area (TPSA) is 78.4 Å². The minimum absolute atomic E-state index is 0.224. The summed E-state index contributed by atoms with van der Waals surface area (Å²) in [6.45, 7) is 3.13. The number of carbonyl (C=O) groups excluding carboxylic acids is 1. The highest BCUT2D eigenvalue weighted by atomic mass is 16.4. The van der Waals surface area contributed by atoms with E-state index in [0.29, 0.717) is 6.42 Å². The van der Waals surface area contributed by atoms with Gasteiger partial charge in [0.1, 0.15) is 6.04 Å². The number of rotatable bonds is 4. The third kappa shape index (κ3) is 4.32. The SMILES string of the molecule is CCC(=O)NN[C@H](C)C(=O)O. The van der Waals surface area contributed by atoms with Gasteiger partial charge in [0.2, 0.25) is 5.91 Å². The molecule has 0 aromatic carbocycles. The first-order chi connectivity index (χ1) is 5.07. The lowest BCUT2D eigenvalue weighted by Gasteiger charge is -2.08. The van der Waals surface area contributed by atoms with E-state index in [0.717, 1.165) is 0 Å². The van der Waals surface area contributed by atoms with Crippen LogP contribution in [-0.4, -0.2) is 23.0 Å². The Balaban J connectivity index is 3.54. The van der Waals surface area contributed by atoms with Crippen LogP contribution in [0.2, 0.25) is 0 Å². The van der Waals surface area contributed by atoms with E-state index in [4.69, 9.17) is 5.11 Å². The lowest BCUT2D eigenvalue weighted by molar-refractivity contribution is -0.139. The molecule has 0 aliphatic rings. The number of nitrogens with one attached hydrogen (secondary N) is 2. The number of aliphatic carboxylic acids is 1. The summed E-state index contributed by atoms with van der Waals surface area (Å²) in [5.74, 6) is -1.22. The van der Waals surface area contributed by atoms with E-state index < -0.39 is 12.0 Å². The summed E-state index contributed by atoms with van der Waals surface area (Å²) < 4.78 is 0. The molecule has 0 spiro atoms. The van der Waals surface area contributed by atoms with Gasteiger partial charge in [0.15, 0.2) is 0 Å². The number of carbonyl (C=O) groups is 2. The normalized spacial score (nSPS) is 12.2. The molecule has 5 nitrogen and oxygen atoms in total. The molecule has 11 heavy (non-hydrogen) atoms. The second-order valence-corrected chi connectivity index (χ2v) is 2.11. The van der Waals surface area contributed by atoms with Crippen molar-refractivity contribution in [1.82, 2.24) is 10.9 Å². The summed E-state index contributed by atoms with van der Waals surface area (Å²) in [4.78, 5) is 20.8. The molecular formula is C6H12N2O3. The Bertz CT molecular complexity index is 158. The highest BCUT2D eigenvalue weighted by molar-refractivity contribution is 5.76. The van der Waals surface area contributed by atoms with Crippen molar-refractivity contribution in [3.8, 4) is 0 Å². The smallest absolute Gasteiger partial charge is 0.322 e. The van der Waals surface area contributed by atoms with Crippen LogP contribution < -0.4 is 10.9 Å². The van der Waals surface area contributed by atoms with Gasteiger partial charge in [-0.15, -0.1) is 0 Å². The van der Waals surface area contributed by atoms with Gasteiger partial charge >= 0.3 is 5.97 Å². The molecule has 1 amide bonds. The first kappa shape index (κ1) is 9.90. The zero-order valence-corrected chi connectivity index (χ0v) is 6.55. The van der Waals surface area contributed by atoms with E-state index in [2.05, 4.69) is 10.9 Å². The van der Waals surface area contributed by atoms with Crippen LogP contribution in [0.4, 0.5) is 0 Å². The summed E-state index contributed by atoms with van der Waals surface area (Å²) in [5, 5.41) is 8.35. The van der Waals surface area contributed by atoms with Crippen LogP contribution >= 0.6 is 0 Å². The minimum Gasteiger partial charge on any atom is -0.480 e. The number of hydrogen-bond acceptors (Lipinski definition) is 3. The van der Waals surface area contributed by atoms with Crippen LogP contribution in [-0.2, 0) is 9.59 Å². The van der Waals surface area contributed by atoms with Crippen molar-refractivity contribution in [3.05, 3.63) is 0 Å². The summed E-state index contributed by atoms with van der Waals surface area (Å²) in [7, 11) is 0. The lowest BCUT2D eigenvalue weighted by Crippen LogP contribution is -2.46. The Kier molecular flexibility index (Phi) is 4.21. The summed E-state index contributed by atoms with van der Waals surface area (Å²) in [5.41, 5.74) is 4.58. The number of hydrogen-bond donors (Lipinski definition) is 3. The van der Waals surface area contributed by atoms with E-state index in [1.54, 1.807) is 6.92 Å². The molecule has 0 radical (unpaired) electrons. The van der Waals surface area contributed by atoms with Gasteiger partial charge in [-0.25, -0.2) is 5.43 Å². The molecule has 0 unspecified atom stereocenters. The zero-order valence-electron chi connectivity index (χ0n) is 6.55. The van der Waals surface area contributed by atoms with Gasteiger partial charge in [-0.05, 0) is 6.92 Å². The van der Waals surface area contributed by atoms with Gasteiger partial charge in [-0.2, -0.15) is 0 Å². The standard InChI is InChI=1S/C6H12N2O3/c1-3-5(9)8-7-4(2)6(10)11/h4,7H,3H2,1-2H3,(H,8,9)(H,10,11)/t4-/m1/s1. The first-order valence-electron chi connectivity index (χ1n) is 3.35. The fraction of sp³-hybridized carbons (Fsp3) is 0.667. The average Bonchev–Trinajstić information content (AvgIpc) is 1.99. The van der Waals surface area contributed by atoms with E-state index in [9.17, 15) is 9.59 Å². The van der Waals surface area contributed by atoms with Crippen LogP contribution in [0, 0.1) is 0 Å². The zero-order chi connectivity index (χ0) is 8.85. The Hall–Kier alpha value is -1.10. The molecule has 0 fully saturated rings. The van der Waals surface area contributed by atoms with Crippen molar-refractivity contribution in [1.29, 1.82) is 0 Å². The van der Waals surface area contributed by atoms with Crippen molar-refractivity contribution < 1.29 is 14.7 Å². The molecule has 0 heterocycles. The predicted molar refractivity (Wildman–Crippen MR) is 38.7 cm³/mol. The lowest BCUT2D eigenvalue weighted by atomic mass is 10.4. The Morgan fingerprint density at radius 1 is 1.55 bits per heavy atom. The quantitative estimate of drug-likeness (QED) is 0.484. The van der Waals surface area contributed by atoms with Gasteiger partial charge in [0, 0.05) is 6.42 Å². The molecule has 0 bridgehead atoms. The Morgan fingerprint density at radius 3 is 2.45 bits per heavy atom. The number of carboxylic acid groups (broad SMARTS) is 1. The molecule has 0 aliphatic heterocycles. The van der Waals surface area contributed by atoms with Gasteiger partial charge in [-0.3, -0.25) is 15.0 Å². The van der Waals surface area contributed by atoms with Crippen molar-refractivity contribution in [3.63, 3.8) is 0 Å². The van der Waals surface area contributed by atoms with Gasteiger partial charge < -0.3 is 5.11 Å². The number of amides is 1. The highest BCUT2D eigenvalue weighted by Crippen LogP contribution is 1.78. The minimum atomic E-state index is -0.999. The van der Waals surface area contributed by atoms with E-state index in [-0.39, 0.29) is 5.91 Å². The molecule has 0 aromatic heterocycles. The second kappa shape index (κ2) is 4.68. The molecule has 64 valence electrons. The average molecular weight is 160 g/mol. The number of carboxylic acids is 1. The maximum Gasteiger partial charge on any atom is 0.322 e. The maximum absolute atomic E-state index is 10.6. The number of hydrazine groups is 1. The molecule has 0 saturated carbocycles. The fourth-order valence-corrected chi connectivity index (χ4v) is 0.339. The molecular weight excluding hydrogens is 148 g/mol. The van der Waals surface area contributed by atoms with Crippen molar-refractivity contribution >= 4 is 11.9 Å². The molecule has 0 aliphatic carbocycles. The van der Waals surface area contributed by atoms with Gasteiger partial charge in [0.25, 0.3) is 0 Å². The molecule has 3 N–H and O–H groups in total. The second-order valence-electron chi connectivity index (χ2n) is 2.11. The summed E-state index contributed by atoms with van der Waals surface area (Å²) in [6, 6.07) is -0.759. The Labute approximate surface area is 64.8 Å². The van der Waals surface area contributed by atoms with Crippen molar-refractivity contribution in [2.45, 2.75) is 26.3 Å². The molecule has 0 rings (SSSR count). The van der Waals surface area contributed by atoms with Crippen LogP contribution in [0.15, 0.2) is 0 Å². The monoisotopic (exact) mass is 160 g/mol. The van der Waals surface area contributed by atoms with E-state index in [1.165, 1.54) is 6.92 Å². The van der Waals surface area contributed by atoms with E-state index in [1.807, 2.05) is 0 Å². The van der Waals surface area contributed by atoms with Crippen molar-refractivity contribution in [2.75, 3.05) is 0 Å². The van der Waals surface area contributed by atoms with Gasteiger partial charge in [-0.1, -0.05) is 6.92 Å². The third-order valence-corrected chi connectivity index (χ3v) is 1.12. The third-order valence-electron chi connectivity index (χ3n) is 1.12. The van der Waals surface area contributed by atoms with Crippen LogP contribution in [0.3, 0.4) is 0 Å². The summed E-state index contributed by atoms with van der Waals surface area (Å²) >= 11 is 0. The molecule has 0 aromatic rings. The van der Waals surface area contributed by atoms with Crippen molar-refractivity contribution in [2.24, 2.45) is 0 Å². The van der Waals surface area contributed by atoms with Gasteiger partial charge in [0.05, 0.1) is 0 Å². The Morgan fingerprint density at radius 2 is 2.09 bits per heavy atom. The van der Waals surface area contributed by atoms with Crippen LogP contribution in [0.5, 0.6) is 0 Å². The van der Waals surface area contributed by atoms with Crippen LogP contribution in [0.25, 0.3) is 0 Å². The van der Waals surface area contributed by atoms with E-state index >= 15 is 0 Å². The molecule has 5 heteroatoms. The van der Waals surface area contributed by atoms with Crippen LogP contribution in [0.1, 0.15) is 20.3 Å². The largest absolute Gasteiger partial charge is 0.480 e.